The Morgan fingerprint density at radius 2 is 2.00 bits per heavy atom. The number of benzene rings is 1. The summed E-state index contributed by atoms with van der Waals surface area (Å²) in [5.41, 5.74) is 0.415. The van der Waals surface area contributed by atoms with E-state index < -0.39 is 5.38 Å². The van der Waals surface area contributed by atoms with Gasteiger partial charge in [0.15, 0.2) is 0 Å². The summed E-state index contributed by atoms with van der Waals surface area (Å²) in [6, 6.07) is 5.20. The number of hydrogen-bond acceptors (Lipinski definition) is 1. The summed E-state index contributed by atoms with van der Waals surface area (Å²) in [6.07, 6.45) is 0. The normalized spacial score (nSPS) is 13.3. The van der Waals surface area contributed by atoms with Crippen molar-refractivity contribution in [3.05, 3.63) is 33.3 Å². The molecule has 1 rings (SSSR count). The summed E-state index contributed by atoms with van der Waals surface area (Å²) >= 11 is 15.3. The zero-order valence-corrected chi connectivity index (χ0v) is 12.9. The molecule has 0 aliphatic carbocycles. The first kappa shape index (κ1) is 14.8. The van der Waals surface area contributed by atoms with Crippen molar-refractivity contribution in [2.45, 2.75) is 31.7 Å². The lowest BCUT2D eigenvalue weighted by Crippen LogP contribution is -2.42. The molecular weight excluding hydrogens is 325 g/mol. The van der Waals surface area contributed by atoms with Crippen molar-refractivity contribution in [2.75, 3.05) is 0 Å². The van der Waals surface area contributed by atoms with Crippen molar-refractivity contribution in [3.63, 3.8) is 0 Å². The van der Waals surface area contributed by atoms with Gasteiger partial charge in [-0.15, -0.1) is 11.6 Å². The minimum atomic E-state index is -0.720. The standard InChI is InChI=1S/C12H14BrCl2NO/c1-12(2,3)16-11(17)10(15)7-4-5-9(14)8(13)6-7/h4-6,10H,1-3H3,(H,16,17). The number of carbonyl (C=O) groups excluding carboxylic acids is 1. The number of halogens is 3. The Labute approximate surface area is 120 Å². The first-order valence-electron chi connectivity index (χ1n) is 5.12. The molecule has 2 nitrogen and oxygen atoms in total. The predicted octanol–water partition coefficient (Wildman–Crippen LogP) is 4.30. The van der Waals surface area contributed by atoms with E-state index in [1.54, 1.807) is 18.2 Å². The quantitative estimate of drug-likeness (QED) is 0.800. The summed E-state index contributed by atoms with van der Waals surface area (Å²) in [5, 5.41) is 2.70. The van der Waals surface area contributed by atoms with Gasteiger partial charge in [-0.3, -0.25) is 4.79 Å². The van der Waals surface area contributed by atoms with Crippen molar-refractivity contribution in [1.82, 2.24) is 5.32 Å². The van der Waals surface area contributed by atoms with E-state index in [4.69, 9.17) is 23.2 Å². The van der Waals surface area contributed by atoms with Crippen LogP contribution in [0.4, 0.5) is 0 Å². The highest BCUT2D eigenvalue weighted by molar-refractivity contribution is 9.10. The maximum absolute atomic E-state index is 11.9. The fraction of sp³-hybridized carbons (Fsp3) is 0.417. The molecule has 1 unspecified atom stereocenters. The topological polar surface area (TPSA) is 29.1 Å². The molecule has 5 heteroatoms. The maximum Gasteiger partial charge on any atom is 0.243 e. The van der Waals surface area contributed by atoms with Crippen LogP contribution in [0.1, 0.15) is 31.7 Å². The molecule has 94 valence electrons. The van der Waals surface area contributed by atoms with Crippen LogP contribution in [0.25, 0.3) is 0 Å². The SMILES string of the molecule is CC(C)(C)NC(=O)C(Cl)c1ccc(Cl)c(Br)c1. The molecule has 1 amide bonds. The van der Waals surface area contributed by atoms with Crippen LogP contribution in [0.3, 0.4) is 0 Å². The van der Waals surface area contributed by atoms with E-state index in [1.807, 2.05) is 20.8 Å². The molecule has 0 bridgehead atoms. The van der Waals surface area contributed by atoms with E-state index in [9.17, 15) is 4.79 Å². The minimum absolute atomic E-state index is 0.214. The van der Waals surface area contributed by atoms with Crippen LogP contribution < -0.4 is 5.32 Å². The molecule has 0 fully saturated rings. The molecule has 1 atom stereocenters. The third kappa shape index (κ3) is 4.49. The maximum atomic E-state index is 11.9. The molecule has 17 heavy (non-hydrogen) atoms. The first-order chi connectivity index (χ1) is 7.70. The van der Waals surface area contributed by atoms with Gasteiger partial charge in [-0.25, -0.2) is 0 Å². The van der Waals surface area contributed by atoms with Gasteiger partial charge < -0.3 is 5.32 Å². The number of nitrogens with one attached hydrogen (secondary N) is 1. The first-order valence-corrected chi connectivity index (χ1v) is 6.72. The molecule has 1 N–H and O–H groups in total. The Bertz CT molecular complexity index is 429. The minimum Gasteiger partial charge on any atom is -0.350 e. The summed E-state index contributed by atoms with van der Waals surface area (Å²) in [4.78, 5) is 11.9. The van der Waals surface area contributed by atoms with Gasteiger partial charge in [0.2, 0.25) is 5.91 Å². The average Bonchev–Trinajstić information content (AvgIpc) is 2.18. The van der Waals surface area contributed by atoms with Crippen molar-refractivity contribution in [2.24, 2.45) is 0 Å². The van der Waals surface area contributed by atoms with Crippen LogP contribution in [0, 0.1) is 0 Å². The van der Waals surface area contributed by atoms with Crippen molar-refractivity contribution in [1.29, 1.82) is 0 Å². The van der Waals surface area contributed by atoms with E-state index in [1.165, 1.54) is 0 Å². The molecule has 0 aliphatic rings. The molecule has 0 aromatic heterocycles. The highest BCUT2D eigenvalue weighted by Crippen LogP contribution is 2.29. The van der Waals surface area contributed by atoms with Crippen LogP contribution >= 0.6 is 39.1 Å². The van der Waals surface area contributed by atoms with Gasteiger partial charge in [0.05, 0.1) is 5.02 Å². The molecule has 0 radical (unpaired) electrons. The van der Waals surface area contributed by atoms with E-state index >= 15 is 0 Å². The van der Waals surface area contributed by atoms with Crippen LogP contribution in [0.5, 0.6) is 0 Å². The lowest BCUT2D eigenvalue weighted by atomic mass is 10.1. The lowest BCUT2D eigenvalue weighted by molar-refractivity contribution is -0.122. The molecule has 0 heterocycles. The zero-order chi connectivity index (χ0) is 13.2. The number of amides is 1. The number of rotatable bonds is 2. The molecule has 1 aromatic rings. The number of alkyl halides is 1. The fourth-order valence-corrected chi connectivity index (χ4v) is 1.96. The van der Waals surface area contributed by atoms with E-state index in [-0.39, 0.29) is 11.4 Å². The molecule has 0 aliphatic heterocycles. The van der Waals surface area contributed by atoms with Crippen molar-refractivity contribution in [3.8, 4) is 0 Å². The van der Waals surface area contributed by atoms with Gasteiger partial charge >= 0.3 is 0 Å². The van der Waals surface area contributed by atoms with Gasteiger partial charge in [-0.05, 0) is 54.4 Å². The van der Waals surface area contributed by atoms with Crippen molar-refractivity contribution < 1.29 is 4.79 Å². The third-order valence-electron chi connectivity index (χ3n) is 1.96. The Hall–Kier alpha value is -0.250. The largest absolute Gasteiger partial charge is 0.350 e. The molecule has 1 aromatic carbocycles. The van der Waals surface area contributed by atoms with Gasteiger partial charge in [-0.2, -0.15) is 0 Å². The second kappa shape index (κ2) is 5.59. The van der Waals surface area contributed by atoms with Crippen molar-refractivity contribution >= 4 is 45.0 Å². The fourth-order valence-electron chi connectivity index (χ4n) is 1.25. The molecule has 0 saturated carbocycles. The zero-order valence-electron chi connectivity index (χ0n) is 9.85. The molecule has 0 spiro atoms. The Balaban J connectivity index is 2.85. The monoisotopic (exact) mass is 337 g/mol. The molecular formula is C12H14BrCl2NO. The third-order valence-corrected chi connectivity index (χ3v) is 3.63. The highest BCUT2D eigenvalue weighted by Gasteiger charge is 2.22. The van der Waals surface area contributed by atoms with Crippen LogP contribution in [-0.2, 0) is 4.79 Å². The Kier molecular flexibility index (Phi) is 4.87. The molecule has 0 saturated heterocycles. The highest BCUT2D eigenvalue weighted by atomic mass is 79.9. The smallest absolute Gasteiger partial charge is 0.243 e. The second-order valence-corrected chi connectivity index (χ2v) is 6.47. The number of hydrogen-bond donors (Lipinski definition) is 1. The second-order valence-electron chi connectivity index (χ2n) is 4.78. The van der Waals surface area contributed by atoms with E-state index in [0.29, 0.717) is 10.6 Å². The number of carbonyl (C=O) groups is 1. The van der Waals surface area contributed by atoms with Gasteiger partial charge in [-0.1, -0.05) is 17.7 Å². The Morgan fingerprint density at radius 1 is 1.41 bits per heavy atom. The van der Waals surface area contributed by atoms with Gasteiger partial charge in [0.1, 0.15) is 5.38 Å². The Morgan fingerprint density at radius 3 is 2.47 bits per heavy atom. The van der Waals surface area contributed by atoms with Gasteiger partial charge in [0, 0.05) is 10.0 Å². The predicted molar refractivity (Wildman–Crippen MR) is 75.6 cm³/mol. The summed E-state index contributed by atoms with van der Waals surface area (Å²) < 4.78 is 0.728. The van der Waals surface area contributed by atoms with E-state index in [2.05, 4.69) is 21.2 Å². The lowest BCUT2D eigenvalue weighted by Gasteiger charge is -2.22. The average molecular weight is 339 g/mol. The summed E-state index contributed by atoms with van der Waals surface area (Å²) in [6.45, 7) is 5.73. The summed E-state index contributed by atoms with van der Waals surface area (Å²) in [7, 11) is 0. The van der Waals surface area contributed by atoms with Crippen LogP contribution in [0.15, 0.2) is 22.7 Å². The van der Waals surface area contributed by atoms with Crippen LogP contribution in [0.2, 0.25) is 5.02 Å². The van der Waals surface area contributed by atoms with E-state index in [0.717, 1.165) is 4.47 Å². The van der Waals surface area contributed by atoms with Crippen LogP contribution in [-0.4, -0.2) is 11.4 Å². The van der Waals surface area contributed by atoms with Gasteiger partial charge in [0.25, 0.3) is 0 Å². The summed E-state index contributed by atoms with van der Waals surface area (Å²) in [5.74, 6) is -0.214.